The Kier molecular flexibility index (Phi) is 6.44. The number of carbonyl (C=O) groups is 4. The van der Waals surface area contributed by atoms with Gasteiger partial charge in [0.25, 0.3) is 11.6 Å². The highest BCUT2D eigenvalue weighted by atomic mass is 16.6. The van der Waals surface area contributed by atoms with Crippen molar-refractivity contribution in [3.8, 4) is 0 Å². The van der Waals surface area contributed by atoms with Crippen LogP contribution in [0.1, 0.15) is 76.8 Å². The van der Waals surface area contributed by atoms with Gasteiger partial charge in [-0.15, -0.1) is 0 Å². The fraction of sp³-hybridized carbons (Fsp3) is 0.333. The molecule has 3 rings (SSSR count). The Morgan fingerprint density at radius 3 is 1.94 bits per heavy atom. The molecule has 1 unspecified atom stereocenters. The molecule has 0 bridgehead atoms. The molecule has 1 amide bonds. The van der Waals surface area contributed by atoms with Crippen LogP contribution in [0, 0.1) is 10.1 Å². The zero-order valence-electron chi connectivity index (χ0n) is 18.9. The summed E-state index contributed by atoms with van der Waals surface area (Å²) in [4.78, 5) is 64.1. The van der Waals surface area contributed by atoms with E-state index in [2.05, 4.69) is 0 Å². The molecule has 0 aromatic heterocycles. The minimum atomic E-state index is -1.21. The highest BCUT2D eigenvalue weighted by Gasteiger charge is 2.39. The quantitative estimate of drug-likeness (QED) is 0.318. The van der Waals surface area contributed by atoms with Gasteiger partial charge in [-0.3, -0.25) is 24.5 Å². The van der Waals surface area contributed by atoms with Crippen molar-refractivity contribution in [1.29, 1.82) is 0 Å². The van der Waals surface area contributed by atoms with Crippen molar-refractivity contribution in [1.82, 2.24) is 4.90 Å². The van der Waals surface area contributed by atoms with E-state index in [0.717, 1.165) is 6.07 Å². The van der Waals surface area contributed by atoms with Crippen LogP contribution in [-0.4, -0.2) is 51.5 Å². The van der Waals surface area contributed by atoms with Gasteiger partial charge < -0.3 is 9.64 Å². The average Bonchev–Trinajstić information content (AvgIpc) is 2.75. The zero-order chi connectivity index (χ0) is 24.6. The molecule has 0 fully saturated rings. The third-order valence-electron chi connectivity index (χ3n) is 5.47. The van der Waals surface area contributed by atoms with Gasteiger partial charge in [0.15, 0.2) is 11.9 Å². The van der Waals surface area contributed by atoms with Crippen molar-refractivity contribution in [2.75, 3.05) is 0 Å². The van der Waals surface area contributed by atoms with Crippen molar-refractivity contribution in [3.63, 3.8) is 0 Å². The fourth-order valence-electron chi connectivity index (χ4n) is 4.11. The van der Waals surface area contributed by atoms with Gasteiger partial charge in [-0.05, 0) is 46.8 Å². The molecule has 0 heterocycles. The first-order valence-electron chi connectivity index (χ1n) is 10.5. The van der Waals surface area contributed by atoms with Gasteiger partial charge in [-0.25, -0.2) is 4.79 Å². The number of esters is 1. The lowest BCUT2D eigenvalue weighted by Gasteiger charge is -2.32. The van der Waals surface area contributed by atoms with Crippen LogP contribution in [0.3, 0.4) is 0 Å². The van der Waals surface area contributed by atoms with E-state index in [1.807, 2.05) is 27.7 Å². The first-order valence-corrected chi connectivity index (χ1v) is 10.5. The number of fused-ring (bicyclic) bond motifs is 2. The van der Waals surface area contributed by atoms with Gasteiger partial charge >= 0.3 is 5.97 Å². The van der Waals surface area contributed by atoms with Gasteiger partial charge in [0, 0.05) is 28.8 Å². The molecule has 1 aliphatic rings. The Balaban J connectivity index is 2.02. The first-order chi connectivity index (χ1) is 15.5. The molecule has 1 atom stereocenters. The third kappa shape index (κ3) is 4.13. The molecule has 0 radical (unpaired) electrons. The number of ketones is 2. The average molecular weight is 452 g/mol. The zero-order valence-corrected chi connectivity index (χ0v) is 18.9. The Labute approximate surface area is 190 Å². The molecule has 1 aliphatic carbocycles. The number of amides is 1. The molecule has 0 aliphatic heterocycles. The highest BCUT2D eigenvalue weighted by Crippen LogP contribution is 2.36. The summed E-state index contributed by atoms with van der Waals surface area (Å²) < 4.78 is 5.26. The Hall–Kier alpha value is -3.88. The second kappa shape index (κ2) is 8.93. The number of nitro benzene ring substituents is 1. The second-order valence-electron chi connectivity index (χ2n) is 8.33. The first kappa shape index (κ1) is 23.8. The summed E-state index contributed by atoms with van der Waals surface area (Å²) in [5, 5.41) is 11.9. The Morgan fingerprint density at radius 2 is 1.42 bits per heavy atom. The van der Waals surface area contributed by atoms with Crippen molar-refractivity contribution in [2.45, 2.75) is 52.8 Å². The summed E-state index contributed by atoms with van der Waals surface area (Å²) >= 11 is 0. The van der Waals surface area contributed by atoms with Crippen molar-refractivity contribution < 1.29 is 28.8 Å². The van der Waals surface area contributed by atoms with E-state index in [4.69, 9.17) is 4.74 Å². The summed E-state index contributed by atoms with van der Waals surface area (Å²) in [7, 11) is 0. The van der Waals surface area contributed by atoms with Crippen LogP contribution in [0.2, 0.25) is 0 Å². The van der Waals surface area contributed by atoms with E-state index < -0.39 is 51.3 Å². The third-order valence-corrected chi connectivity index (χ3v) is 5.47. The molecule has 0 saturated carbocycles. The van der Waals surface area contributed by atoms with E-state index in [1.165, 1.54) is 25.1 Å². The molecule has 9 heteroatoms. The Morgan fingerprint density at radius 1 is 0.879 bits per heavy atom. The number of hydrogen-bond donors (Lipinski definition) is 0. The minimum Gasteiger partial charge on any atom is -0.449 e. The van der Waals surface area contributed by atoms with Crippen LogP contribution < -0.4 is 0 Å². The van der Waals surface area contributed by atoms with Gasteiger partial charge in [0.2, 0.25) is 5.78 Å². The number of carbonyl (C=O) groups excluding carboxylic acids is 4. The van der Waals surface area contributed by atoms with Crippen LogP contribution in [0.4, 0.5) is 5.69 Å². The van der Waals surface area contributed by atoms with Gasteiger partial charge in [0.1, 0.15) is 11.1 Å². The van der Waals surface area contributed by atoms with Crippen LogP contribution in [-0.2, 0) is 9.53 Å². The molecule has 9 nitrogen and oxygen atoms in total. The van der Waals surface area contributed by atoms with Crippen LogP contribution >= 0.6 is 0 Å². The lowest BCUT2D eigenvalue weighted by atomic mass is 9.82. The number of hydrogen-bond acceptors (Lipinski definition) is 7. The molecule has 0 saturated heterocycles. The van der Waals surface area contributed by atoms with E-state index in [1.54, 1.807) is 17.0 Å². The maximum atomic E-state index is 13.1. The molecular formula is C24H24N2O7. The lowest BCUT2D eigenvalue weighted by molar-refractivity contribution is -0.385. The number of nitro groups is 1. The standard InChI is InChI=1S/C24H24N2O7/c1-12(2)25(13(3)4)23(29)14(5)33-24(30)18-11-10-17-19(20(18)26(31)32)22(28)16-9-7-6-8-15(16)21(17)27/h6-14H,1-5H3. The number of nitrogens with zero attached hydrogens (tertiary/aromatic N) is 2. The molecule has 33 heavy (non-hydrogen) atoms. The lowest BCUT2D eigenvalue weighted by Crippen LogP contribution is -2.47. The fourth-order valence-corrected chi connectivity index (χ4v) is 4.11. The van der Waals surface area contributed by atoms with Crippen molar-refractivity contribution >= 4 is 29.1 Å². The largest absolute Gasteiger partial charge is 0.449 e. The SMILES string of the molecule is CC(OC(=O)c1ccc2c(c1[N+](=O)[O-])C(=O)c1ccccc1C2=O)C(=O)N(C(C)C)C(C)C. The monoisotopic (exact) mass is 452 g/mol. The van der Waals surface area contributed by atoms with Crippen LogP contribution in [0.5, 0.6) is 0 Å². The molecular weight excluding hydrogens is 428 g/mol. The van der Waals surface area contributed by atoms with Gasteiger partial charge in [-0.2, -0.15) is 0 Å². The van der Waals surface area contributed by atoms with Crippen LogP contribution in [0.15, 0.2) is 36.4 Å². The van der Waals surface area contributed by atoms with E-state index in [-0.39, 0.29) is 28.8 Å². The topological polar surface area (TPSA) is 124 Å². The van der Waals surface area contributed by atoms with E-state index in [0.29, 0.717) is 0 Å². The molecule has 0 spiro atoms. The predicted octanol–water partition coefficient (Wildman–Crippen LogP) is 3.56. The number of ether oxygens (including phenoxy) is 1. The summed E-state index contributed by atoms with van der Waals surface area (Å²) in [5.41, 5.74) is -1.76. The highest BCUT2D eigenvalue weighted by molar-refractivity contribution is 6.30. The van der Waals surface area contributed by atoms with Gasteiger partial charge in [-0.1, -0.05) is 24.3 Å². The second-order valence-corrected chi connectivity index (χ2v) is 8.33. The van der Waals surface area contributed by atoms with Crippen molar-refractivity contribution in [2.24, 2.45) is 0 Å². The molecule has 2 aromatic carbocycles. The maximum Gasteiger partial charge on any atom is 0.345 e. The summed E-state index contributed by atoms with van der Waals surface area (Å²) in [6, 6.07) is 7.98. The summed E-state index contributed by atoms with van der Waals surface area (Å²) in [5.74, 6) is -2.85. The number of benzene rings is 2. The smallest absolute Gasteiger partial charge is 0.345 e. The molecule has 2 aromatic rings. The number of rotatable bonds is 6. The minimum absolute atomic E-state index is 0.0247. The Bertz CT molecular complexity index is 1180. The molecule has 172 valence electrons. The van der Waals surface area contributed by atoms with E-state index in [9.17, 15) is 29.3 Å². The predicted molar refractivity (Wildman–Crippen MR) is 118 cm³/mol. The summed E-state index contributed by atoms with van der Waals surface area (Å²) in [6.45, 7) is 8.66. The molecule has 0 N–H and O–H groups in total. The van der Waals surface area contributed by atoms with E-state index >= 15 is 0 Å². The van der Waals surface area contributed by atoms with Gasteiger partial charge in [0.05, 0.1) is 4.92 Å². The summed E-state index contributed by atoms with van der Waals surface area (Å²) in [6.07, 6.45) is -1.21. The normalized spacial score (nSPS) is 13.4. The maximum absolute atomic E-state index is 13.1. The van der Waals surface area contributed by atoms with Crippen molar-refractivity contribution in [3.05, 3.63) is 74.3 Å². The van der Waals surface area contributed by atoms with Crippen LogP contribution in [0.25, 0.3) is 0 Å².